The van der Waals surface area contributed by atoms with Crippen LogP contribution in [0.1, 0.15) is 34.7 Å². The number of carbonyl (C=O) groups excluding carboxylic acids is 1. The van der Waals surface area contributed by atoms with Gasteiger partial charge in [0.1, 0.15) is 11.6 Å². The van der Waals surface area contributed by atoms with E-state index in [4.69, 9.17) is 9.52 Å². The molecule has 0 unspecified atom stereocenters. The van der Waals surface area contributed by atoms with Crippen LogP contribution < -0.4 is 5.32 Å². The molecule has 0 aliphatic heterocycles. The van der Waals surface area contributed by atoms with Crippen molar-refractivity contribution < 1.29 is 23.5 Å². The maximum Gasteiger partial charge on any atom is 0.404 e. The molecule has 0 radical (unpaired) electrons. The van der Waals surface area contributed by atoms with Crippen molar-refractivity contribution in [1.29, 1.82) is 0 Å². The second kappa shape index (κ2) is 7.40. The largest absolute Gasteiger partial charge is 0.465 e. The fraction of sp³-hybridized carbons (Fsp3) is 0.250. The van der Waals surface area contributed by atoms with Crippen LogP contribution in [0.2, 0.25) is 0 Å². The number of Topliss-reactive ketones (excluding diaryl/α,β-unsaturated/α-hetero) is 1. The standard InChI is InChI=1S/C16H16FNO4/c17-12-5-3-11(4-6-12)10-13-7-8-15(22-13)14(19)2-1-9-18-16(20)21/h3-8,18H,1-2,9-10H2,(H,20,21). The molecule has 1 heterocycles. The van der Waals surface area contributed by atoms with Crippen LogP contribution in [0.4, 0.5) is 9.18 Å². The number of benzene rings is 1. The Hall–Kier alpha value is -2.63. The van der Waals surface area contributed by atoms with E-state index in [0.29, 0.717) is 18.6 Å². The zero-order chi connectivity index (χ0) is 15.9. The number of hydrogen-bond donors (Lipinski definition) is 2. The maximum absolute atomic E-state index is 12.8. The van der Waals surface area contributed by atoms with Gasteiger partial charge in [-0.2, -0.15) is 0 Å². The number of hydrogen-bond acceptors (Lipinski definition) is 3. The summed E-state index contributed by atoms with van der Waals surface area (Å²) in [6.07, 6.45) is 0.00357. The van der Waals surface area contributed by atoms with Gasteiger partial charge in [-0.25, -0.2) is 9.18 Å². The molecule has 5 nitrogen and oxygen atoms in total. The Bertz CT molecular complexity index is 648. The molecule has 116 valence electrons. The van der Waals surface area contributed by atoms with Crippen LogP contribution in [0.5, 0.6) is 0 Å². The molecule has 0 aliphatic carbocycles. The van der Waals surface area contributed by atoms with E-state index in [1.165, 1.54) is 12.1 Å². The third kappa shape index (κ3) is 4.73. The lowest BCUT2D eigenvalue weighted by Gasteiger charge is -2.00. The highest BCUT2D eigenvalue weighted by atomic mass is 19.1. The summed E-state index contributed by atoms with van der Waals surface area (Å²) in [6.45, 7) is 0.226. The number of carbonyl (C=O) groups is 2. The number of carboxylic acid groups (broad SMARTS) is 1. The summed E-state index contributed by atoms with van der Waals surface area (Å²) in [7, 11) is 0. The van der Waals surface area contributed by atoms with Crippen molar-refractivity contribution in [3.63, 3.8) is 0 Å². The summed E-state index contributed by atoms with van der Waals surface area (Å²) in [6, 6.07) is 9.39. The van der Waals surface area contributed by atoms with Crippen LogP contribution in [0.25, 0.3) is 0 Å². The van der Waals surface area contributed by atoms with E-state index in [1.54, 1.807) is 24.3 Å². The predicted molar refractivity (Wildman–Crippen MR) is 77.5 cm³/mol. The molecule has 0 fully saturated rings. The Balaban J connectivity index is 1.86. The summed E-state index contributed by atoms with van der Waals surface area (Å²) in [4.78, 5) is 22.2. The lowest BCUT2D eigenvalue weighted by atomic mass is 10.1. The molecular formula is C16H16FNO4. The number of furan rings is 1. The van der Waals surface area contributed by atoms with E-state index >= 15 is 0 Å². The quantitative estimate of drug-likeness (QED) is 0.608. The van der Waals surface area contributed by atoms with Crippen molar-refractivity contribution in [2.24, 2.45) is 0 Å². The zero-order valence-corrected chi connectivity index (χ0v) is 11.8. The molecule has 1 aromatic heterocycles. The Morgan fingerprint density at radius 1 is 1.14 bits per heavy atom. The Morgan fingerprint density at radius 2 is 1.86 bits per heavy atom. The summed E-state index contributed by atoms with van der Waals surface area (Å²) in [5, 5.41) is 10.6. The Kier molecular flexibility index (Phi) is 5.30. The first-order chi connectivity index (χ1) is 10.5. The van der Waals surface area contributed by atoms with Gasteiger partial charge in [-0.3, -0.25) is 4.79 Å². The average Bonchev–Trinajstić information content (AvgIpc) is 2.94. The summed E-state index contributed by atoms with van der Waals surface area (Å²) < 4.78 is 18.3. The number of amides is 1. The number of rotatable bonds is 7. The molecule has 0 bridgehead atoms. The highest BCUT2D eigenvalue weighted by Gasteiger charge is 2.11. The molecule has 1 amide bonds. The van der Waals surface area contributed by atoms with Gasteiger partial charge < -0.3 is 14.8 Å². The highest BCUT2D eigenvalue weighted by molar-refractivity contribution is 5.93. The monoisotopic (exact) mass is 305 g/mol. The topological polar surface area (TPSA) is 79.5 Å². The van der Waals surface area contributed by atoms with Crippen molar-refractivity contribution in [3.05, 3.63) is 59.3 Å². The lowest BCUT2D eigenvalue weighted by molar-refractivity contribution is 0.0951. The van der Waals surface area contributed by atoms with Crippen molar-refractivity contribution in [2.75, 3.05) is 6.54 Å². The molecule has 0 saturated heterocycles. The fourth-order valence-corrected chi connectivity index (χ4v) is 1.99. The second-order valence-corrected chi connectivity index (χ2v) is 4.83. The lowest BCUT2D eigenvalue weighted by Crippen LogP contribution is -2.22. The molecular weight excluding hydrogens is 289 g/mol. The van der Waals surface area contributed by atoms with E-state index in [0.717, 1.165) is 5.56 Å². The van der Waals surface area contributed by atoms with Crippen molar-refractivity contribution >= 4 is 11.9 Å². The first-order valence-corrected chi connectivity index (χ1v) is 6.88. The van der Waals surface area contributed by atoms with Crippen LogP contribution in [-0.4, -0.2) is 23.5 Å². The van der Waals surface area contributed by atoms with Gasteiger partial charge in [0.25, 0.3) is 0 Å². The van der Waals surface area contributed by atoms with Gasteiger partial charge in [-0.05, 0) is 36.2 Å². The van der Waals surface area contributed by atoms with E-state index in [1.807, 2.05) is 0 Å². The van der Waals surface area contributed by atoms with Crippen molar-refractivity contribution in [2.45, 2.75) is 19.3 Å². The van der Waals surface area contributed by atoms with E-state index in [9.17, 15) is 14.0 Å². The molecule has 1 aromatic carbocycles. The van der Waals surface area contributed by atoms with Crippen molar-refractivity contribution in [1.82, 2.24) is 5.32 Å². The minimum atomic E-state index is -1.10. The molecule has 2 aromatic rings. The first kappa shape index (κ1) is 15.8. The zero-order valence-electron chi connectivity index (χ0n) is 11.8. The molecule has 22 heavy (non-hydrogen) atoms. The first-order valence-electron chi connectivity index (χ1n) is 6.88. The predicted octanol–water partition coefficient (Wildman–Crippen LogP) is 3.24. The average molecular weight is 305 g/mol. The van der Waals surface area contributed by atoms with Crippen LogP contribution in [0.15, 0.2) is 40.8 Å². The highest BCUT2D eigenvalue weighted by Crippen LogP contribution is 2.15. The smallest absolute Gasteiger partial charge is 0.404 e. The molecule has 0 aliphatic rings. The third-order valence-electron chi connectivity index (χ3n) is 3.08. The summed E-state index contributed by atoms with van der Waals surface area (Å²) >= 11 is 0. The second-order valence-electron chi connectivity index (χ2n) is 4.83. The minimum absolute atomic E-state index is 0.169. The summed E-state index contributed by atoms with van der Waals surface area (Å²) in [5.41, 5.74) is 0.889. The van der Waals surface area contributed by atoms with Gasteiger partial charge in [0.05, 0.1) is 0 Å². The van der Waals surface area contributed by atoms with Gasteiger partial charge >= 0.3 is 6.09 Å². The van der Waals surface area contributed by atoms with E-state index < -0.39 is 6.09 Å². The van der Waals surface area contributed by atoms with Gasteiger partial charge in [-0.15, -0.1) is 0 Å². The van der Waals surface area contributed by atoms with Gasteiger partial charge in [-0.1, -0.05) is 12.1 Å². The Labute approximate surface area is 126 Å². The summed E-state index contributed by atoms with van der Waals surface area (Å²) in [5.74, 6) is 0.414. The van der Waals surface area contributed by atoms with E-state index in [2.05, 4.69) is 5.32 Å². The fourth-order valence-electron chi connectivity index (χ4n) is 1.99. The van der Waals surface area contributed by atoms with Gasteiger partial charge in [0.2, 0.25) is 0 Å². The third-order valence-corrected chi connectivity index (χ3v) is 3.08. The normalized spacial score (nSPS) is 10.4. The van der Waals surface area contributed by atoms with E-state index in [-0.39, 0.29) is 30.3 Å². The molecule has 2 N–H and O–H groups in total. The van der Waals surface area contributed by atoms with Gasteiger partial charge in [0, 0.05) is 19.4 Å². The minimum Gasteiger partial charge on any atom is -0.465 e. The van der Waals surface area contributed by atoms with Crippen LogP contribution >= 0.6 is 0 Å². The molecule has 2 rings (SSSR count). The number of ketones is 1. The molecule has 0 atom stereocenters. The van der Waals surface area contributed by atoms with Crippen LogP contribution in [0.3, 0.4) is 0 Å². The molecule has 0 saturated carbocycles. The molecule has 0 spiro atoms. The van der Waals surface area contributed by atoms with Crippen LogP contribution in [-0.2, 0) is 6.42 Å². The number of nitrogens with one attached hydrogen (secondary N) is 1. The van der Waals surface area contributed by atoms with Gasteiger partial charge in [0.15, 0.2) is 11.5 Å². The Morgan fingerprint density at radius 3 is 2.55 bits per heavy atom. The van der Waals surface area contributed by atoms with Crippen molar-refractivity contribution in [3.8, 4) is 0 Å². The SMILES string of the molecule is O=C(O)NCCCC(=O)c1ccc(Cc2ccc(F)cc2)o1. The van der Waals surface area contributed by atoms with Crippen LogP contribution in [0, 0.1) is 5.82 Å². The number of halogens is 1. The maximum atomic E-state index is 12.8. The molecule has 6 heteroatoms.